The fourth-order valence-corrected chi connectivity index (χ4v) is 7.41. The maximum absolute atomic E-state index is 10.1. The molecule has 4 aliphatic carbocycles. The summed E-state index contributed by atoms with van der Waals surface area (Å²) in [5, 5.41) is 10.1. The minimum absolute atomic E-state index is 0.0144. The number of phenols is 1. The van der Waals surface area contributed by atoms with Gasteiger partial charge in [0.05, 0.1) is 5.69 Å². The molecule has 0 amide bonds. The van der Waals surface area contributed by atoms with Crippen molar-refractivity contribution in [1.29, 1.82) is 0 Å². The van der Waals surface area contributed by atoms with Gasteiger partial charge in [-0.15, -0.1) is 11.6 Å². The Hall–Kier alpha value is -1.32. The summed E-state index contributed by atoms with van der Waals surface area (Å²) in [5.74, 6) is 1.81. The van der Waals surface area contributed by atoms with Gasteiger partial charge in [0.2, 0.25) is 0 Å². The monoisotopic (exact) mass is 457 g/mol. The second-order valence-corrected chi connectivity index (χ2v) is 11.1. The molecule has 4 bridgehead atoms. The number of alkyl halides is 1. The number of halogens is 2. The van der Waals surface area contributed by atoms with Crippen LogP contribution in [0.2, 0.25) is 0 Å². The van der Waals surface area contributed by atoms with Crippen LogP contribution in [0, 0.1) is 18.8 Å². The number of hydrogen-bond acceptors (Lipinski definition) is 2. The van der Waals surface area contributed by atoms with E-state index < -0.39 is 0 Å². The summed E-state index contributed by atoms with van der Waals surface area (Å²) >= 11 is 10.5. The summed E-state index contributed by atoms with van der Waals surface area (Å²) < 4.78 is 0.929. The molecule has 0 radical (unpaired) electrons. The average molecular weight is 459 g/mol. The number of phenolic OH excluding ortho intramolecular Hbond substituents is 1. The Morgan fingerprint density at radius 2 is 1.86 bits per heavy atom. The topological polar surface area (TPSA) is 32.6 Å². The standard InChI is InChI=1S/C24H25BrClNO/c1-15-2-3-19(8-21(15)27-13-18-7-20(25)4-5-22(18)28)23-9-16-6-17(10-23)12-24(26,11-16)14-23/h2-5,7-8,13,16-17,28H,6,9-12,14H2,1H3/t16-,17-,23?,24?/m1/s1. The highest BCUT2D eigenvalue weighted by molar-refractivity contribution is 9.10. The fraction of sp³-hybridized carbons (Fsp3) is 0.458. The van der Waals surface area contributed by atoms with Gasteiger partial charge in [-0.25, -0.2) is 0 Å². The molecule has 2 aromatic rings. The summed E-state index contributed by atoms with van der Waals surface area (Å²) in [4.78, 5) is 4.76. The highest BCUT2D eigenvalue weighted by Crippen LogP contribution is 2.64. The summed E-state index contributed by atoms with van der Waals surface area (Å²) in [7, 11) is 0. The van der Waals surface area contributed by atoms with Gasteiger partial charge in [-0.3, -0.25) is 4.99 Å². The van der Waals surface area contributed by atoms with Crippen LogP contribution in [0.25, 0.3) is 0 Å². The van der Waals surface area contributed by atoms with Gasteiger partial charge < -0.3 is 5.11 Å². The van der Waals surface area contributed by atoms with Crippen LogP contribution < -0.4 is 0 Å². The van der Waals surface area contributed by atoms with E-state index in [9.17, 15) is 5.11 Å². The van der Waals surface area contributed by atoms with Gasteiger partial charge in [0, 0.05) is 21.1 Å². The summed E-state index contributed by atoms with van der Waals surface area (Å²) in [6.07, 6.45) is 9.18. The molecule has 0 spiro atoms. The lowest BCUT2D eigenvalue weighted by atomic mass is 9.47. The van der Waals surface area contributed by atoms with Crippen molar-refractivity contribution >= 4 is 39.4 Å². The maximum atomic E-state index is 10.1. The van der Waals surface area contributed by atoms with Crippen LogP contribution in [0.5, 0.6) is 5.75 Å². The molecule has 4 saturated carbocycles. The van der Waals surface area contributed by atoms with Crippen molar-refractivity contribution in [2.75, 3.05) is 0 Å². The first kappa shape index (κ1) is 18.7. The van der Waals surface area contributed by atoms with E-state index in [1.807, 2.05) is 12.1 Å². The van der Waals surface area contributed by atoms with Crippen molar-refractivity contribution in [3.05, 3.63) is 57.6 Å². The lowest BCUT2D eigenvalue weighted by Gasteiger charge is -2.60. The predicted molar refractivity (Wildman–Crippen MR) is 119 cm³/mol. The average Bonchev–Trinajstić information content (AvgIpc) is 2.61. The van der Waals surface area contributed by atoms with Crippen LogP contribution in [0.1, 0.15) is 55.2 Å². The molecule has 2 aromatic carbocycles. The van der Waals surface area contributed by atoms with Gasteiger partial charge in [-0.2, -0.15) is 0 Å². The number of rotatable bonds is 3. The van der Waals surface area contributed by atoms with Crippen LogP contribution in [-0.4, -0.2) is 16.2 Å². The molecule has 6 rings (SSSR count). The van der Waals surface area contributed by atoms with Crippen molar-refractivity contribution in [2.24, 2.45) is 16.8 Å². The quantitative estimate of drug-likeness (QED) is 0.388. The van der Waals surface area contributed by atoms with E-state index in [1.165, 1.54) is 37.7 Å². The first-order valence-electron chi connectivity index (χ1n) is 10.2. The summed E-state index contributed by atoms with van der Waals surface area (Å²) in [5.41, 5.74) is 4.48. The maximum Gasteiger partial charge on any atom is 0.124 e. The first-order valence-corrected chi connectivity index (χ1v) is 11.3. The van der Waals surface area contributed by atoms with Crippen molar-refractivity contribution in [3.8, 4) is 5.75 Å². The SMILES string of the molecule is Cc1ccc(C23C[C@H]4C[C@@H](CC(Cl)(C4)C2)C3)cc1N=Cc1cc(Br)ccc1O. The van der Waals surface area contributed by atoms with E-state index in [0.717, 1.165) is 34.0 Å². The molecule has 1 N–H and O–H groups in total. The minimum Gasteiger partial charge on any atom is -0.507 e. The molecule has 4 aliphatic rings. The Labute approximate surface area is 180 Å². The number of aromatic hydroxyl groups is 1. The van der Waals surface area contributed by atoms with E-state index in [1.54, 1.807) is 12.3 Å². The third-order valence-electron chi connectivity index (χ3n) is 7.14. The van der Waals surface area contributed by atoms with Gasteiger partial charge in [0.1, 0.15) is 5.75 Å². The van der Waals surface area contributed by atoms with Gasteiger partial charge >= 0.3 is 0 Å². The molecule has 28 heavy (non-hydrogen) atoms. The highest BCUT2D eigenvalue weighted by atomic mass is 79.9. The zero-order valence-electron chi connectivity index (χ0n) is 16.1. The molecule has 0 aromatic heterocycles. The van der Waals surface area contributed by atoms with E-state index in [0.29, 0.717) is 5.56 Å². The van der Waals surface area contributed by atoms with Crippen LogP contribution in [-0.2, 0) is 5.41 Å². The third-order valence-corrected chi connectivity index (χ3v) is 8.08. The zero-order valence-corrected chi connectivity index (χ0v) is 18.4. The number of benzene rings is 2. The largest absolute Gasteiger partial charge is 0.507 e. The Bertz CT molecular complexity index is 955. The molecule has 0 aliphatic heterocycles. The molecule has 2 nitrogen and oxygen atoms in total. The number of hydrogen-bond donors (Lipinski definition) is 1. The molecule has 0 unspecified atom stereocenters. The molecule has 0 heterocycles. The Morgan fingerprint density at radius 1 is 1.11 bits per heavy atom. The Kier molecular flexibility index (Phi) is 4.41. The smallest absolute Gasteiger partial charge is 0.124 e. The second kappa shape index (κ2) is 6.60. The second-order valence-electron chi connectivity index (χ2n) is 9.35. The Morgan fingerprint density at radius 3 is 2.57 bits per heavy atom. The van der Waals surface area contributed by atoms with E-state index in [4.69, 9.17) is 16.6 Å². The fourth-order valence-electron chi connectivity index (χ4n) is 6.33. The van der Waals surface area contributed by atoms with Crippen LogP contribution in [0.4, 0.5) is 5.69 Å². The van der Waals surface area contributed by atoms with Crippen molar-refractivity contribution in [2.45, 2.75) is 55.7 Å². The van der Waals surface area contributed by atoms with Gasteiger partial charge in [-0.05, 0) is 98.1 Å². The number of aliphatic imine (C=N–C) groups is 1. The lowest BCUT2D eigenvalue weighted by molar-refractivity contribution is 0.00900. The Balaban J connectivity index is 1.50. The lowest BCUT2D eigenvalue weighted by Crippen LogP contribution is -2.55. The molecular formula is C24H25BrClNO. The van der Waals surface area contributed by atoms with Crippen molar-refractivity contribution < 1.29 is 5.11 Å². The summed E-state index contributed by atoms with van der Waals surface area (Å²) in [6, 6.07) is 12.2. The van der Waals surface area contributed by atoms with E-state index in [2.05, 4.69) is 41.1 Å². The van der Waals surface area contributed by atoms with Crippen molar-refractivity contribution in [1.82, 2.24) is 0 Å². The zero-order chi connectivity index (χ0) is 19.5. The predicted octanol–water partition coefficient (Wildman–Crippen LogP) is 7.04. The molecule has 0 saturated heterocycles. The van der Waals surface area contributed by atoms with Crippen LogP contribution >= 0.6 is 27.5 Å². The first-order chi connectivity index (χ1) is 13.3. The number of nitrogens with zero attached hydrogens (tertiary/aromatic N) is 1. The molecule has 2 atom stereocenters. The molecular weight excluding hydrogens is 434 g/mol. The molecule has 4 heteroatoms. The van der Waals surface area contributed by atoms with Crippen molar-refractivity contribution in [3.63, 3.8) is 0 Å². The third kappa shape index (κ3) is 3.21. The molecule has 4 fully saturated rings. The summed E-state index contributed by atoms with van der Waals surface area (Å²) in [6.45, 7) is 2.10. The van der Waals surface area contributed by atoms with E-state index >= 15 is 0 Å². The van der Waals surface area contributed by atoms with Crippen LogP contribution in [0.15, 0.2) is 45.9 Å². The van der Waals surface area contributed by atoms with Gasteiger partial charge in [0.15, 0.2) is 0 Å². The number of aryl methyl sites for hydroxylation is 1. The van der Waals surface area contributed by atoms with Crippen LogP contribution in [0.3, 0.4) is 0 Å². The van der Waals surface area contributed by atoms with Gasteiger partial charge in [0.25, 0.3) is 0 Å². The highest BCUT2D eigenvalue weighted by Gasteiger charge is 2.57. The molecule has 146 valence electrons. The minimum atomic E-state index is 0.0144. The van der Waals surface area contributed by atoms with E-state index in [-0.39, 0.29) is 16.0 Å². The normalized spacial score (nSPS) is 33.7. The van der Waals surface area contributed by atoms with Gasteiger partial charge in [-0.1, -0.05) is 28.1 Å².